The van der Waals surface area contributed by atoms with E-state index in [0.29, 0.717) is 0 Å². The van der Waals surface area contributed by atoms with Gasteiger partial charge >= 0.3 is 5.97 Å². The first-order valence-corrected chi connectivity index (χ1v) is 4.36. The van der Waals surface area contributed by atoms with Crippen molar-refractivity contribution in [1.29, 1.82) is 0 Å². The Morgan fingerprint density at radius 1 is 1.64 bits per heavy atom. The Balaban J connectivity index is 3.12. The van der Waals surface area contributed by atoms with Crippen LogP contribution < -0.4 is 0 Å². The van der Waals surface area contributed by atoms with Crippen LogP contribution in [0.5, 0.6) is 0 Å². The number of aliphatic hydroxyl groups is 1. The molecule has 14 heavy (non-hydrogen) atoms. The smallest absolute Gasteiger partial charge is 0.338 e. The highest BCUT2D eigenvalue weighted by atomic mass is 16.6. The van der Waals surface area contributed by atoms with Crippen LogP contribution >= 0.6 is 0 Å². The van der Waals surface area contributed by atoms with Crippen LogP contribution in [0, 0.1) is 0 Å². The summed E-state index contributed by atoms with van der Waals surface area (Å²) in [4.78, 5) is 11.2. The molecule has 0 saturated heterocycles. The van der Waals surface area contributed by atoms with Crippen molar-refractivity contribution in [1.82, 2.24) is 0 Å². The van der Waals surface area contributed by atoms with E-state index in [1.807, 2.05) is 6.92 Å². The summed E-state index contributed by atoms with van der Waals surface area (Å²) < 4.78 is 5.06. The summed E-state index contributed by atoms with van der Waals surface area (Å²) in [6.07, 6.45) is 3.31. The van der Waals surface area contributed by atoms with Gasteiger partial charge in [-0.25, -0.2) is 4.79 Å². The van der Waals surface area contributed by atoms with E-state index in [2.05, 4.69) is 6.58 Å². The lowest BCUT2D eigenvalue weighted by molar-refractivity contribution is -0.143. The Morgan fingerprint density at radius 2 is 2.21 bits per heavy atom. The highest BCUT2D eigenvalue weighted by Crippen LogP contribution is 2.32. The molecule has 1 aliphatic heterocycles. The molecule has 0 unspecified atom stereocenters. The van der Waals surface area contributed by atoms with Crippen LogP contribution in [0.3, 0.4) is 0 Å². The molecular weight excluding hydrogens is 180 g/mol. The first kappa shape index (κ1) is 10.6. The van der Waals surface area contributed by atoms with E-state index in [1.54, 1.807) is 26.0 Å². The van der Waals surface area contributed by atoms with Crippen molar-refractivity contribution in [3.63, 3.8) is 0 Å². The molecule has 1 atom stereocenters. The predicted octanol–water partition coefficient (Wildman–Crippen LogP) is 2.27. The maximum Gasteiger partial charge on any atom is 0.338 e. The second-order valence-corrected chi connectivity index (χ2v) is 3.56. The van der Waals surface area contributed by atoms with Crippen molar-refractivity contribution in [2.45, 2.75) is 26.4 Å². The topological polar surface area (TPSA) is 46.5 Å². The van der Waals surface area contributed by atoms with Crippen LogP contribution in [-0.2, 0) is 9.53 Å². The van der Waals surface area contributed by atoms with Crippen LogP contribution in [0.4, 0.5) is 0 Å². The fourth-order valence-corrected chi connectivity index (χ4v) is 1.38. The van der Waals surface area contributed by atoms with Gasteiger partial charge < -0.3 is 9.84 Å². The Kier molecular flexibility index (Phi) is 2.51. The van der Waals surface area contributed by atoms with Gasteiger partial charge in [0.25, 0.3) is 0 Å². The molecule has 0 fully saturated rings. The van der Waals surface area contributed by atoms with Gasteiger partial charge in [0.1, 0.15) is 5.76 Å². The fourth-order valence-electron chi connectivity index (χ4n) is 1.38. The molecule has 0 spiro atoms. The predicted molar refractivity (Wildman–Crippen MR) is 53.8 cm³/mol. The molecule has 1 heterocycles. The number of cyclic esters (lactones) is 1. The largest absolute Gasteiger partial charge is 0.507 e. The third-order valence-electron chi connectivity index (χ3n) is 2.26. The van der Waals surface area contributed by atoms with Crippen molar-refractivity contribution in [2.24, 2.45) is 0 Å². The van der Waals surface area contributed by atoms with Gasteiger partial charge in [0.05, 0.1) is 5.57 Å². The van der Waals surface area contributed by atoms with E-state index in [-0.39, 0.29) is 11.3 Å². The maximum atomic E-state index is 11.2. The summed E-state index contributed by atoms with van der Waals surface area (Å²) in [5.74, 6) is -0.498. The lowest BCUT2D eigenvalue weighted by Crippen LogP contribution is -2.25. The molecule has 3 heteroatoms. The molecular formula is C11H14O3. The number of ether oxygens (including phenoxy) is 1. The zero-order valence-electron chi connectivity index (χ0n) is 8.63. The van der Waals surface area contributed by atoms with Crippen molar-refractivity contribution in [2.75, 3.05) is 0 Å². The summed E-state index contributed by atoms with van der Waals surface area (Å²) in [6.45, 7) is 8.60. The van der Waals surface area contributed by atoms with Gasteiger partial charge in [-0.05, 0) is 26.8 Å². The summed E-state index contributed by atoms with van der Waals surface area (Å²) in [6, 6.07) is 0. The molecule has 1 rings (SSSR count). The highest BCUT2D eigenvalue weighted by molar-refractivity contribution is 5.92. The van der Waals surface area contributed by atoms with E-state index in [0.717, 1.165) is 5.57 Å². The summed E-state index contributed by atoms with van der Waals surface area (Å²) in [5.41, 5.74) is 0.0848. The Bertz CT molecular complexity index is 350. The zero-order chi connectivity index (χ0) is 10.9. The van der Waals surface area contributed by atoms with Gasteiger partial charge in [0.2, 0.25) is 0 Å². The SMILES string of the molecule is C=C/C(C)=C/[C@]1(C)OC(=O)C(C)=C1O. The van der Waals surface area contributed by atoms with E-state index in [4.69, 9.17) is 4.74 Å². The van der Waals surface area contributed by atoms with E-state index in [9.17, 15) is 9.90 Å². The number of hydrogen-bond acceptors (Lipinski definition) is 3. The zero-order valence-corrected chi connectivity index (χ0v) is 8.63. The van der Waals surface area contributed by atoms with E-state index >= 15 is 0 Å². The molecule has 1 N–H and O–H groups in total. The summed E-state index contributed by atoms with van der Waals surface area (Å²) >= 11 is 0. The molecule has 0 radical (unpaired) electrons. The molecule has 0 bridgehead atoms. The average Bonchev–Trinajstić information content (AvgIpc) is 2.30. The highest BCUT2D eigenvalue weighted by Gasteiger charge is 2.40. The molecule has 0 aromatic rings. The Hall–Kier alpha value is -1.51. The van der Waals surface area contributed by atoms with Crippen LogP contribution in [-0.4, -0.2) is 16.7 Å². The molecule has 1 aliphatic rings. The van der Waals surface area contributed by atoms with Gasteiger partial charge in [0, 0.05) is 0 Å². The van der Waals surface area contributed by atoms with Crippen molar-refractivity contribution < 1.29 is 14.6 Å². The minimum absolute atomic E-state index is 0.0244. The number of hydrogen-bond donors (Lipinski definition) is 1. The van der Waals surface area contributed by atoms with Crippen LogP contribution in [0.15, 0.2) is 35.6 Å². The molecule has 3 nitrogen and oxygen atoms in total. The monoisotopic (exact) mass is 194 g/mol. The molecule has 0 aromatic heterocycles. The number of allylic oxidation sites excluding steroid dienone is 2. The quantitative estimate of drug-likeness (QED) is 0.541. The van der Waals surface area contributed by atoms with Crippen LogP contribution in [0.1, 0.15) is 20.8 Å². The number of aliphatic hydroxyl groups excluding tert-OH is 1. The standard InChI is InChI=1S/C11H14O3/c1-5-7(2)6-11(4)9(12)8(3)10(13)14-11/h5-6,12H,1H2,2-4H3/b7-6+/t11-/m0/s1. The minimum Gasteiger partial charge on any atom is -0.507 e. The first-order chi connectivity index (χ1) is 6.40. The van der Waals surface area contributed by atoms with Crippen molar-refractivity contribution in [3.8, 4) is 0 Å². The lowest BCUT2D eigenvalue weighted by Gasteiger charge is -2.19. The number of carbonyl (C=O) groups excluding carboxylic acids is 1. The maximum absolute atomic E-state index is 11.2. The second-order valence-electron chi connectivity index (χ2n) is 3.56. The second kappa shape index (κ2) is 3.33. The Labute approximate surface area is 83.4 Å². The average molecular weight is 194 g/mol. The molecule has 76 valence electrons. The normalized spacial score (nSPS) is 27.9. The molecule has 0 aromatic carbocycles. The van der Waals surface area contributed by atoms with E-state index < -0.39 is 11.6 Å². The van der Waals surface area contributed by atoms with Gasteiger partial charge in [-0.2, -0.15) is 0 Å². The lowest BCUT2D eigenvalue weighted by atomic mass is 10.00. The van der Waals surface area contributed by atoms with Crippen LogP contribution in [0.2, 0.25) is 0 Å². The summed E-state index contributed by atoms with van der Waals surface area (Å²) in [5, 5.41) is 9.69. The van der Waals surface area contributed by atoms with Crippen molar-refractivity contribution in [3.05, 3.63) is 35.6 Å². The fraction of sp³-hybridized carbons (Fsp3) is 0.364. The van der Waals surface area contributed by atoms with Crippen molar-refractivity contribution >= 4 is 5.97 Å². The third kappa shape index (κ3) is 1.58. The number of esters is 1. The van der Waals surface area contributed by atoms with Gasteiger partial charge in [0.15, 0.2) is 5.60 Å². The first-order valence-electron chi connectivity index (χ1n) is 4.36. The van der Waals surface area contributed by atoms with E-state index in [1.165, 1.54) is 0 Å². The van der Waals surface area contributed by atoms with Crippen LogP contribution in [0.25, 0.3) is 0 Å². The third-order valence-corrected chi connectivity index (χ3v) is 2.26. The number of rotatable bonds is 2. The Morgan fingerprint density at radius 3 is 2.57 bits per heavy atom. The number of carbonyl (C=O) groups is 1. The molecule has 0 amide bonds. The summed E-state index contributed by atoms with van der Waals surface area (Å²) in [7, 11) is 0. The van der Waals surface area contributed by atoms with Gasteiger partial charge in [-0.3, -0.25) is 0 Å². The van der Waals surface area contributed by atoms with Gasteiger partial charge in [-0.1, -0.05) is 18.2 Å². The minimum atomic E-state index is -1.03. The molecule has 0 aliphatic carbocycles. The van der Waals surface area contributed by atoms with Gasteiger partial charge in [-0.15, -0.1) is 0 Å². The molecule has 0 saturated carbocycles.